The van der Waals surface area contributed by atoms with Crippen LogP contribution in [0.1, 0.15) is 17.3 Å². The largest absolute Gasteiger partial charge is 0.454 e. The first-order chi connectivity index (χ1) is 9.22. The summed E-state index contributed by atoms with van der Waals surface area (Å²) in [6.07, 6.45) is 2.44. The van der Waals surface area contributed by atoms with Gasteiger partial charge in [-0.1, -0.05) is 29.4 Å². The highest BCUT2D eigenvalue weighted by Gasteiger charge is 2.21. The molecule has 0 saturated carbocycles. The predicted octanol–water partition coefficient (Wildman–Crippen LogP) is 2.46. The molecule has 0 fully saturated rings. The van der Waals surface area contributed by atoms with Crippen molar-refractivity contribution < 1.29 is 14.6 Å². The van der Waals surface area contributed by atoms with Gasteiger partial charge in [0.25, 0.3) is 0 Å². The average molecular weight is 261 g/mol. The van der Waals surface area contributed by atoms with Crippen LogP contribution < -0.4 is 0 Å². The molecule has 0 aliphatic rings. The number of hydrogen-bond acceptors (Lipinski definition) is 4. The van der Waals surface area contributed by atoms with E-state index in [1.54, 1.807) is 49.4 Å². The van der Waals surface area contributed by atoms with Gasteiger partial charge in [-0.3, -0.25) is 0 Å². The zero-order valence-corrected chi connectivity index (χ0v) is 10.5. The Morgan fingerprint density at radius 3 is 2.74 bits per heavy atom. The molecule has 19 heavy (non-hydrogen) atoms. The molecule has 0 aliphatic heterocycles. The van der Waals surface area contributed by atoms with Gasteiger partial charge < -0.3 is 9.84 Å². The number of azide groups is 1. The third kappa shape index (κ3) is 4.46. The molecule has 100 valence electrons. The lowest BCUT2D eigenvalue weighted by atomic mass is 10.1. The van der Waals surface area contributed by atoms with Gasteiger partial charge in [0.2, 0.25) is 0 Å². The van der Waals surface area contributed by atoms with Crippen LogP contribution in [0.25, 0.3) is 10.4 Å². The molecule has 0 aliphatic carbocycles. The van der Waals surface area contributed by atoms with Gasteiger partial charge in [-0.25, -0.2) is 4.79 Å². The highest BCUT2D eigenvalue weighted by molar-refractivity contribution is 5.89. The smallest absolute Gasteiger partial charge is 0.338 e. The van der Waals surface area contributed by atoms with E-state index in [4.69, 9.17) is 15.4 Å². The van der Waals surface area contributed by atoms with Crippen LogP contribution in [0, 0.1) is 0 Å². The minimum atomic E-state index is -0.839. The van der Waals surface area contributed by atoms with E-state index in [0.717, 1.165) is 0 Å². The number of carbonyl (C=O) groups is 1. The van der Waals surface area contributed by atoms with Crippen molar-refractivity contribution in [1.82, 2.24) is 0 Å². The molecule has 1 aromatic carbocycles. The SMILES string of the molecule is C/C=C/[C@@H](OC(=O)c1ccccc1)[C@H](CO)N=[N+]=[N-]. The van der Waals surface area contributed by atoms with E-state index in [1.807, 2.05) is 0 Å². The molecule has 6 heteroatoms. The highest BCUT2D eigenvalue weighted by atomic mass is 16.5. The van der Waals surface area contributed by atoms with E-state index in [0.29, 0.717) is 5.56 Å². The summed E-state index contributed by atoms with van der Waals surface area (Å²) in [5, 5.41) is 12.6. The molecule has 0 aromatic heterocycles. The number of rotatable bonds is 6. The minimum absolute atomic E-state index is 0.398. The number of aliphatic hydroxyl groups excluding tert-OH is 1. The van der Waals surface area contributed by atoms with Crippen molar-refractivity contribution in [2.45, 2.75) is 19.1 Å². The number of ether oxygens (including phenoxy) is 1. The number of hydrogen-bond donors (Lipinski definition) is 1. The van der Waals surface area contributed by atoms with Gasteiger partial charge in [-0.05, 0) is 30.7 Å². The predicted molar refractivity (Wildman–Crippen MR) is 70.5 cm³/mol. The number of carbonyl (C=O) groups excluding carboxylic acids is 1. The van der Waals surface area contributed by atoms with Crippen LogP contribution in [0.5, 0.6) is 0 Å². The van der Waals surface area contributed by atoms with Crippen LogP contribution in [0.2, 0.25) is 0 Å². The topological polar surface area (TPSA) is 95.3 Å². The molecule has 1 aromatic rings. The third-order valence-corrected chi connectivity index (χ3v) is 2.40. The monoisotopic (exact) mass is 261 g/mol. The summed E-state index contributed by atoms with van der Waals surface area (Å²) < 4.78 is 5.23. The van der Waals surface area contributed by atoms with Crippen LogP contribution in [-0.4, -0.2) is 29.8 Å². The molecule has 1 N–H and O–H groups in total. The van der Waals surface area contributed by atoms with E-state index < -0.39 is 24.7 Å². The Balaban J connectivity index is 2.84. The van der Waals surface area contributed by atoms with E-state index in [2.05, 4.69) is 10.0 Å². The second-order valence-corrected chi connectivity index (χ2v) is 3.72. The zero-order valence-electron chi connectivity index (χ0n) is 10.5. The minimum Gasteiger partial charge on any atom is -0.454 e. The first-order valence-electron chi connectivity index (χ1n) is 5.76. The fraction of sp³-hybridized carbons (Fsp3) is 0.308. The molecule has 6 nitrogen and oxygen atoms in total. The van der Waals surface area contributed by atoms with E-state index in [1.165, 1.54) is 0 Å². The van der Waals surface area contributed by atoms with Gasteiger partial charge in [-0.2, -0.15) is 0 Å². The molecular weight excluding hydrogens is 246 g/mol. The average Bonchev–Trinajstić information content (AvgIpc) is 2.45. The highest BCUT2D eigenvalue weighted by Crippen LogP contribution is 2.10. The quantitative estimate of drug-likeness (QED) is 0.280. The maximum Gasteiger partial charge on any atom is 0.338 e. The molecule has 1 rings (SSSR count). The molecule has 0 amide bonds. The molecule has 0 spiro atoms. The first kappa shape index (κ1) is 14.8. The van der Waals surface area contributed by atoms with Gasteiger partial charge in [0.05, 0.1) is 12.2 Å². The Morgan fingerprint density at radius 2 is 2.21 bits per heavy atom. The van der Waals surface area contributed by atoms with Gasteiger partial charge in [-0.15, -0.1) is 0 Å². The summed E-state index contributed by atoms with van der Waals surface area (Å²) in [5.74, 6) is -0.532. The van der Waals surface area contributed by atoms with Gasteiger partial charge in [0, 0.05) is 4.91 Å². The Hall–Kier alpha value is -2.30. The molecule has 0 unspecified atom stereocenters. The number of aliphatic hydroxyl groups is 1. The lowest BCUT2D eigenvalue weighted by Gasteiger charge is -2.19. The fourth-order valence-corrected chi connectivity index (χ4v) is 1.47. The Kier molecular flexibility index (Phi) is 6.15. The van der Waals surface area contributed by atoms with Crippen LogP contribution in [0.3, 0.4) is 0 Å². The number of allylic oxidation sites excluding steroid dienone is 1. The van der Waals surface area contributed by atoms with Crippen molar-refractivity contribution in [3.63, 3.8) is 0 Å². The van der Waals surface area contributed by atoms with Crippen molar-refractivity contribution in [2.24, 2.45) is 5.11 Å². The van der Waals surface area contributed by atoms with Crippen molar-refractivity contribution in [1.29, 1.82) is 0 Å². The summed E-state index contributed by atoms with van der Waals surface area (Å²) in [5.41, 5.74) is 8.82. The summed E-state index contributed by atoms with van der Waals surface area (Å²) >= 11 is 0. The second kappa shape index (κ2) is 7.92. The molecule has 0 radical (unpaired) electrons. The molecule has 0 bridgehead atoms. The molecule has 0 saturated heterocycles. The van der Waals surface area contributed by atoms with Gasteiger partial charge in [0.1, 0.15) is 12.1 Å². The fourth-order valence-electron chi connectivity index (χ4n) is 1.47. The van der Waals surface area contributed by atoms with E-state index >= 15 is 0 Å². The van der Waals surface area contributed by atoms with Crippen molar-refractivity contribution >= 4 is 5.97 Å². The lowest BCUT2D eigenvalue weighted by Crippen LogP contribution is -2.31. The normalized spacial score (nSPS) is 13.6. The van der Waals surface area contributed by atoms with E-state index in [9.17, 15) is 4.79 Å². The lowest BCUT2D eigenvalue weighted by molar-refractivity contribution is 0.0305. The molecule has 2 atom stereocenters. The van der Waals surface area contributed by atoms with Crippen LogP contribution in [0.4, 0.5) is 0 Å². The summed E-state index contributed by atoms with van der Waals surface area (Å²) in [4.78, 5) is 14.5. The Labute approximate surface area is 110 Å². The van der Waals surface area contributed by atoms with Crippen LogP contribution in [-0.2, 0) is 4.74 Å². The number of benzene rings is 1. The number of esters is 1. The summed E-state index contributed by atoms with van der Waals surface area (Å²) in [6, 6.07) is 7.63. The van der Waals surface area contributed by atoms with Crippen molar-refractivity contribution in [3.05, 3.63) is 58.5 Å². The van der Waals surface area contributed by atoms with Crippen molar-refractivity contribution in [3.8, 4) is 0 Å². The second-order valence-electron chi connectivity index (χ2n) is 3.72. The third-order valence-electron chi connectivity index (χ3n) is 2.40. The van der Waals surface area contributed by atoms with Crippen LogP contribution in [0.15, 0.2) is 47.6 Å². The first-order valence-corrected chi connectivity index (χ1v) is 5.76. The summed E-state index contributed by atoms with van der Waals surface area (Å²) in [6.45, 7) is 1.34. The Morgan fingerprint density at radius 1 is 1.53 bits per heavy atom. The molecular formula is C13H15N3O3. The Bertz CT molecular complexity index is 481. The maximum atomic E-state index is 11.9. The summed E-state index contributed by atoms with van der Waals surface area (Å²) in [7, 11) is 0. The van der Waals surface area contributed by atoms with Gasteiger partial charge in [0.15, 0.2) is 0 Å². The van der Waals surface area contributed by atoms with Crippen LogP contribution >= 0.6 is 0 Å². The van der Waals surface area contributed by atoms with Crippen molar-refractivity contribution in [2.75, 3.05) is 6.61 Å². The van der Waals surface area contributed by atoms with Gasteiger partial charge >= 0.3 is 5.97 Å². The standard InChI is InChI=1S/C13H15N3O3/c1-2-6-12(11(9-17)15-16-14)19-13(18)10-7-4-3-5-8-10/h2-8,11-12,17H,9H2,1H3/b6-2+/t11-,12+/m0/s1. The molecule has 0 heterocycles. The number of nitrogens with zero attached hydrogens (tertiary/aromatic N) is 3. The maximum absolute atomic E-state index is 11.9. The van der Waals surface area contributed by atoms with E-state index in [-0.39, 0.29) is 0 Å². The zero-order chi connectivity index (χ0) is 14.1.